The normalized spacial score (nSPS) is 17.7. The Labute approximate surface area is 162 Å². The Balaban J connectivity index is 0.00000364. The number of carbonyl (C=O) groups excluding carboxylic acids is 2. The summed E-state index contributed by atoms with van der Waals surface area (Å²) in [5.41, 5.74) is -1.24. The van der Waals surface area contributed by atoms with E-state index in [0.717, 1.165) is 25.7 Å². The minimum Gasteiger partial charge on any atom is -0.335 e. The fraction of sp³-hybridized carbons (Fsp3) is 0.529. The number of nitrogens with one attached hydrogen (secondary N) is 2. The van der Waals surface area contributed by atoms with Crippen molar-refractivity contribution in [3.8, 4) is 0 Å². The Morgan fingerprint density at radius 1 is 1.33 bits per heavy atom. The monoisotopic (exact) mass is 408 g/mol. The number of hydrogen-bond acceptors (Lipinski definition) is 4. The molecule has 1 saturated heterocycles. The highest BCUT2D eigenvalue weighted by Crippen LogP contribution is 2.34. The minimum absolute atomic E-state index is 0. The van der Waals surface area contributed by atoms with Gasteiger partial charge in [0.15, 0.2) is 0 Å². The van der Waals surface area contributed by atoms with Gasteiger partial charge in [-0.05, 0) is 19.1 Å². The second-order valence-electron chi connectivity index (χ2n) is 6.36. The van der Waals surface area contributed by atoms with Crippen molar-refractivity contribution in [2.24, 2.45) is 0 Å². The topological polar surface area (TPSA) is 64.7 Å². The molecule has 1 fully saturated rings. The maximum absolute atomic E-state index is 13.0. The number of halogens is 4. The molecule has 0 aromatic heterocycles. The van der Waals surface area contributed by atoms with Crippen molar-refractivity contribution in [1.82, 2.24) is 15.1 Å². The van der Waals surface area contributed by atoms with Gasteiger partial charge in [-0.1, -0.05) is 12.1 Å². The zero-order chi connectivity index (χ0) is 19.3. The van der Waals surface area contributed by atoms with Crippen LogP contribution in [0.5, 0.6) is 0 Å². The molecule has 2 rings (SSSR count). The van der Waals surface area contributed by atoms with Crippen LogP contribution in [0.1, 0.15) is 12.5 Å². The van der Waals surface area contributed by atoms with Crippen molar-refractivity contribution >= 4 is 29.9 Å². The van der Waals surface area contributed by atoms with Gasteiger partial charge in [-0.25, -0.2) is 0 Å². The van der Waals surface area contributed by atoms with Crippen LogP contribution in [0.4, 0.5) is 18.9 Å². The number of amides is 2. The van der Waals surface area contributed by atoms with Crippen molar-refractivity contribution in [2.75, 3.05) is 45.1 Å². The summed E-state index contributed by atoms with van der Waals surface area (Å²) in [6.45, 7) is 4.16. The van der Waals surface area contributed by atoms with E-state index < -0.39 is 17.6 Å². The van der Waals surface area contributed by atoms with Gasteiger partial charge in [0.2, 0.25) is 11.8 Å². The molecule has 27 heavy (non-hydrogen) atoms. The van der Waals surface area contributed by atoms with Gasteiger partial charge in [0.25, 0.3) is 0 Å². The lowest BCUT2D eigenvalue weighted by Gasteiger charge is -2.34. The van der Waals surface area contributed by atoms with Crippen LogP contribution in [0.3, 0.4) is 0 Å². The van der Waals surface area contributed by atoms with Gasteiger partial charge in [-0.15, -0.1) is 12.4 Å². The highest BCUT2D eigenvalue weighted by Gasteiger charge is 2.33. The third kappa shape index (κ3) is 6.67. The highest BCUT2D eigenvalue weighted by atomic mass is 35.5. The van der Waals surface area contributed by atoms with Crippen LogP contribution < -0.4 is 10.6 Å². The van der Waals surface area contributed by atoms with Gasteiger partial charge in [0.05, 0.1) is 24.3 Å². The van der Waals surface area contributed by atoms with Gasteiger partial charge >= 0.3 is 6.18 Å². The van der Waals surface area contributed by atoms with Crippen LogP contribution in [0.25, 0.3) is 0 Å². The van der Waals surface area contributed by atoms with Crippen LogP contribution in [0, 0.1) is 0 Å². The van der Waals surface area contributed by atoms with E-state index in [4.69, 9.17) is 0 Å². The van der Waals surface area contributed by atoms with Crippen molar-refractivity contribution < 1.29 is 22.8 Å². The summed E-state index contributed by atoms with van der Waals surface area (Å²) >= 11 is 0. The van der Waals surface area contributed by atoms with E-state index in [0.29, 0.717) is 0 Å². The van der Waals surface area contributed by atoms with Crippen molar-refractivity contribution in [2.45, 2.75) is 19.1 Å². The predicted molar refractivity (Wildman–Crippen MR) is 98.9 cm³/mol. The Morgan fingerprint density at radius 2 is 2.00 bits per heavy atom. The molecule has 2 amide bonds. The van der Waals surface area contributed by atoms with E-state index in [9.17, 15) is 22.8 Å². The SMILES string of the molecule is C[C@@H]1CNCCN1CC(=O)N(C)CC(=O)Nc1ccccc1C(F)(F)F.Cl. The van der Waals surface area contributed by atoms with E-state index in [1.165, 1.54) is 30.1 Å². The number of alkyl halides is 3. The molecule has 0 saturated carbocycles. The molecule has 6 nitrogen and oxygen atoms in total. The number of piperazine rings is 1. The highest BCUT2D eigenvalue weighted by molar-refractivity contribution is 5.95. The Bertz CT molecular complexity index is 657. The lowest BCUT2D eigenvalue weighted by Crippen LogP contribution is -2.53. The Kier molecular flexibility index (Phi) is 8.52. The third-order valence-corrected chi connectivity index (χ3v) is 4.29. The standard InChI is InChI=1S/C17H23F3N4O2.ClH/c1-12-9-21-7-8-24(12)11-16(26)23(2)10-15(25)22-14-6-4-3-5-13(14)17(18,19)20;/h3-6,12,21H,7-11H2,1-2H3,(H,22,25);1H/t12-;/m1./s1. The van der Waals surface area contributed by atoms with E-state index >= 15 is 0 Å². The molecule has 0 radical (unpaired) electrons. The maximum atomic E-state index is 13.0. The zero-order valence-electron chi connectivity index (χ0n) is 15.2. The van der Waals surface area contributed by atoms with Gasteiger partial charge in [0, 0.05) is 32.7 Å². The Hall–Kier alpha value is -1.84. The average molecular weight is 409 g/mol. The van der Waals surface area contributed by atoms with E-state index in [-0.39, 0.29) is 43.1 Å². The van der Waals surface area contributed by atoms with Crippen LogP contribution in [-0.4, -0.2) is 67.4 Å². The molecule has 1 aromatic rings. The molecule has 1 aromatic carbocycles. The first kappa shape index (κ1) is 23.2. The first-order valence-corrected chi connectivity index (χ1v) is 8.33. The maximum Gasteiger partial charge on any atom is 0.418 e. The van der Waals surface area contributed by atoms with Crippen molar-refractivity contribution in [3.05, 3.63) is 29.8 Å². The summed E-state index contributed by atoms with van der Waals surface area (Å²) in [7, 11) is 1.46. The molecule has 10 heteroatoms. The summed E-state index contributed by atoms with van der Waals surface area (Å²) in [6, 6.07) is 4.95. The smallest absolute Gasteiger partial charge is 0.335 e. The number of anilines is 1. The first-order valence-electron chi connectivity index (χ1n) is 8.33. The van der Waals surface area contributed by atoms with Gasteiger partial charge in [-0.2, -0.15) is 13.2 Å². The molecule has 0 aliphatic carbocycles. The van der Waals surface area contributed by atoms with Gasteiger partial charge in [-0.3, -0.25) is 14.5 Å². The number of para-hydroxylation sites is 1. The molecule has 1 aliphatic heterocycles. The average Bonchev–Trinajstić information content (AvgIpc) is 2.56. The molecule has 152 valence electrons. The molecule has 1 atom stereocenters. The Morgan fingerprint density at radius 3 is 2.63 bits per heavy atom. The number of nitrogens with zero attached hydrogens (tertiary/aromatic N) is 2. The molecule has 0 unspecified atom stereocenters. The van der Waals surface area contributed by atoms with Crippen molar-refractivity contribution in [1.29, 1.82) is 0 Å². The number of likely N-dealkylation sites (N-methyl/N-ethyl adjacent to an activating group) is 1. The van der Waals surface area contributed by atoms with E-state index in [2.05, 4.69) is 10.6 Å². The number of rotatable bonds is 5. The van der Waals surface area contributed by atoms with Crippen LogP contribution in [-0.2, 0) is 15.8 Å². The van der Waals surface area contributed by atoms with Crippen molar-refractivity contribution in [3.63, 3.8) is 0 Å². The fourth-order valence-electron chi connectivity index (χ4n) is 2.75. The number of carbonyl (C=O) groups is 2. The van der Waals surface area contributed by atoms with Crippen LogP contribution in [0.15, 0.2) is 24.3 Å². The molecular weight excluding hydrogens is 385 g/mol. The summed E-state index contributed by atoms with van der Waals surface area (Å²) in [5.74, 6) is -0.927. The summed E-state index contributed by atoms with van der Waals surface area (Å²) in [6.07, 6.45) is -4.57. The van der Waals surface area contributed by atoms with Crippen LogP contribution in [0.2, 0.25) is 0 Å². The van der Waals surface area contributed by atoms with Gasteiger partial charge < -0.3 is 15.5 Å². The quantitative estimate of drug-likeness (QED) is 0.780. The molecular formula is C17H24ClF3N4O2. The number of benzene rings is 1. The predicted octanol–water partition coefficient (Wildman–Crippen LogP) is 1.82. The third-order valence-electron chi connectivity index (χ3n) is 4.29. The second kappa shape index (κ2) is 9.91. The zero-order valence-corrected chi connectivity index (χ0v) is 16.0. The molecule has 1 aliphatic rings. The van der Waals surface area contributed by atoms with Crippen LogP contribution >= 0.6 is 12.4 Å². The summed E-state index contributed by atoms with van der Waals surface area (Å²) < 4.78 is 38.9. The molecule has 0 bridgehead atoms. The lowest BCUT2D eigenvalue weighted by atomic mass is 10.1. The van der Waals surface area contributed by atoms with E-state index in [1.54, 1.807) is 0 Å². The molecule has 2 N–H and O–H groups in total. The fourth-order valence-corrected chi connectivity index (χ4v) is 2.75. The number of hydrogen-bond donors (Lipinski definition) is 2. The molecule has 1 heterocycles. The van der Waals surface area contributed by atoms with Gasteiger partial charge in [0.1, 0.15) is 0 Å². The minimum atomic E-state index is -4.57. The second-order valence-corrected chi connectivity index (χ2v) is 6.36. The first-order chi connectivity index (χ1) is 12.2. The summed E-state index contributed by atoms with van der Waals surface area (Å²) in [5, 5.41) is 5.46. The van der Waals surface area contributed by atoms with E-state index in [1.807, 2.05) is 11.8 Å². The lowest BCUT2D eigenvalue weighted by molar-refractivity contribution is -0.137. The summed E-state index contributed by atoms with van der Waals surface area (Å²) in [4.78, 5) is 27.6. The molecule has 0 spiro atoms. The largest absolute Gasteiger partial charge is 0.418 e.